The first-order valence-electron chi connectivity index (χ1n) is 6.41. The molecule has 0 radical (unpaired) electrons. The van der Waals surface area contributed by atoms with Crippen molar-refractivity contribution in [2.75, 3.05) is 19.0 Å². The molecular formula is C14H15F2N3O2. The minimum absolute atomic E-state index is 0.0145. The maximum absolute atomic E-state index is 13.8. The van der Waals surface area contributed by atoms with Crippen LogP contribution < -0.4 is 5.32 Å². The second-order valence-corrected chi connectivity index (χ2v) is 4.33. The fourth-order valence-electron chi connectivity index (χ4n) is 1.85. The highest BCUT2D eigenvalue weighted by molar-refractivity contribution is 5.90. The van der Waals surface area contributed by atoms with Crippen molar-refractivity contribution >= 4 is 11.7 Å². The van der Waals surface area contributed by atoms with Gasteiger partial charge >= 0.3 is 5.97 Å². The van der Waals surface area contributed by atoms with Crippen LogP contribution in [0.1, 0.15) is 16.8 Å². The van der Waals surface area contributed by atoms with Gasteiger partial charge in [-0.25, -0.2) is 13.6 Å². The number of nitrogens with zero attached hydrogens (tertiary/aromatic N) is 2. The molecular weight excluding hydrogens is 280 g/mol. The second kappa shape index (κ2) is 6.83. The van der Waals surface area contributed by atoms with Crippen molar-refractivity contribution in [2.45, 2.75) is 13.0 Å². The van der Waals surface area contributed by atoms with Crippen LogP contribution in [0.4, 0.5) is 14.5 Å². The predicted molar refractivity (Wildman–Crippen MR) is 73.0 cm³/mol. The first-order chi connectivity index (χ1) is 10.1. The Morgan fingerprint density at radius 1 is 1.38 bits per heavy atom. The lowest BCUT2D eigenvalue weighted by Gasteiger charge is -2.10. The van der Waals surface area contributed by atoms with E-state index in [1.165, 1.54) is 12.1 Å². The average Bonchev–Trinajstić information content (AvgIpc) is 3.00. The average molecular weight is 295 g/mol. The summed E-state index contributed by atoms with van der Waals surface area (Å²) in [6, 6.07) is 4.33. The molecule has 112 valence electrons. The van der Waals surface area contributed by atoms with Gasteiger partial charge in [0.1, 0.15) is 0 Å². The molecule has 0 unspecified atom stereocenters. The fourth-order valence-corrected chi connectivity index (χ4v) is 1.85. The summed E-state index contributed by atoms with van der Waals surface area (Å²) in [5, 5.41) is 6.83. The molecule has 0 aliphatic heterocycles. The van der Waals surface area contributed by atoms with Crippen molar-refractivity contribution in [1.29, 1.82) is 0 Å². The van der Waals surface area contributed by atoms with Gasteiger partial charge in [0.15, 0.2) is 11.6 Å². The SMILES string of the molecule is COC(=O)c1ccc(NCCCn2cccn2)c(F)c1F. The summed E-state index contributed by atoms with van der Waals surface area (Å²) in [5.74, 6) is -3.20. The summed E-state index contributed by atoms with van der Waals surface area (Å²) < 4.78 is 33.6. The highest BCUT2D eigenvalue weighted by atomic mass is 19.2. The van der Waals surface area contributed by atoms with Crippen molar-refractivity contribution < 1.29 is 18.3 Å². The van der Waals surface area contributed by atoms with Crippen LogP contribution in [0.15, 0.2) is 30.6 Å². The third-order valence-electron chi connectivity index (χ3n) is 2.93. The number of ether oxygens (including phenoxy) is 1. The van der Waals surface area contributed by atoms with Crippen molar-refractivity contribution in [1.82, 2.24) is 9.78 Å². The number of hydrogen-bond acceptors (Lipinski definition) is 4. The highest BCUT2D eigenvalue weighted by Crippen LogP contribution is 2.21. The Balaban J connectivity index is 1.94. The molecule has 1 N–H and O–H groups in total. The zero-order valence-corrected chi connectivity index (χ0v) is 11.5. The molecule has 1 aromatic carbocycles. The lowest BCUT2D eigenvalue weighted by atomic mass is 10.1. The van der Waals surface area contributed by atoms with Crippen molar-refractivity contribution in [3.63, 3.8) is 0 Å². The quantitative estimate of drug-likeness (QED) is 0.657. The number of aromatic nitrogens is 2. The first kappa shape index (κ1) is 15.0. The molecule has 2 aromatic rings. The van der Waals surface area contributed by atoms with Crippen LogP contribution in [0.5, 0.6) is 0 Å². The maximum atomic E-state index is 13.8. The summed E-state index contributed by atoms with van der Waals surface area (Å²) in [7, 11) is 1.11. The van der Waals surface area contributed by atoms with Gasteiger partial charge in [-0.3, -0.25) is 4.68 Å². The van der Waals surface area contributed by atoms with Crippen LogP contribution in [0, 0.1) is 11.6 Å². The molecule has 1 heterocycles. The minimum atomic E-state index is -1.21. The Labute approximate surface area is 120 Å². The van der Waals surface area contributed by atoms with Gasteiger partial charge in [-0.1, -0.05) is 0 Å². The smallest absolute Gasteiger partial charge is 0.340 e. The molecule has 0 aliphatic rings. The van der Waals surface area contributed by atoms with Crippen LogP contribution in [0.2, 0.25) is 0 Å². The van der Waals surface area contributed by atoms with Crippen molar-refractivity contribution in [2.24, 2.45) is 0 Å². The number of rotatable bonds is 6. The van der Waals surface area contributed by atoms with Crippen LogP contribution >= 0.6 is 0 Å². The molecule has 2 rings (SSSR count). The van der Waals surface area contributed by atoms with Crippen LogP contribution in [-0.4, -0.2) is 29.4 Å². The Bertz CT molecular complexity index is 615. The Morgan fingerprint density at radius 3 is 2.86 bits per heavy atom. The number of halogens is 2. The summed E-state index contributed by atoms with van der Waals surface area (Å²) in [4.78, 5) is 11.2. The highest BCUT2D eigenvalue weighted by Gasteiger charge is 2.18. The lowest BCUT2D eigenvalue weighted by molar-refractivity contribution is 0.0594. The molecule has 5 nitrogen and oxygen atoms in total. The van der Waals surface area contributed by atoms with Crippen LogP contribution in [-0.2, 0) is 11.3 Å². The normalized spacial score (nSPS) is 10.4. The number of methoxy groups -OCH3 is 1. The number of esters is 1. The number of carbonyl (C=O) groups excluding carboxylic acids is 1. The molecule has 0 amide bonds. The molecule has 7 heteroatoms. The van der Waals surface area contributed by atoms with E-state index in [2.05, 4.69) is 15.2 Å². The van der Waals surface area contributed by atoms with E-state index in [1.807, 2.05) is 12.3 Å². The summed E-state index contributed by atoms with van der Waals surface area (Å²) in [6.07, 6.45) is 4.20. The van der Waals surface area contributed by atoms with E-state index < -0.39 is 23.2 Å². The molecule has 0 fully saturated rings. The van der Waals surface area contributed by atoms with E-state index in [4.69, 9.17) is 0 Å². The Kier molecular flexibility index (Phi) is 4.86. The number of carbonyl (C=O) groups is 1. The minimum Gasteiger partial charge on any atom is -0.465 e. The van der Waals surface area contributed by atoms with Gasteiger partial charge in [0.05, 0.1) is 18.4 Å². The summed E-state index contributed by atoms with van der Waals surface area (Å²) in [5.41, 5.74) is -0.405. The molecule has 0 spiro atoms. The monoisotopic (exact) mass is 295 g/mol. The topological polar surface area (TPSA) is 56.1 Å². The fraction of sp³-hybridized carbons (Fsp3) is 0.286. The van der Waals surface area contributed by atoms with Gasteiger partial charge in [0, 0.05) is 25.5 Å². The Hall–Kier alpha value is -2.44. The van der Waals surface area contributed by atoms with E-state index in [1.54, 1.807) is 10.9 Å². The van der Waals surface area contributed by atoms with Gasteiger partial charge in [0.2, 0.25) is 0 Å². The molecule has 0 bridgehead atoms. The summed E-state index contributed by atoms with van der Waals surface area (Å²) in [6.45, 7) is 1.12. The Morgan fingerprint density at radius 2 is 2.19 bits per heavy atom. The standard InChI is InChI=1S/C14H15F2N3O2/c1-21-14(20)10-4-5-11(13(16)12(10)15)17-6-2-8-19-9-3-7-18-19/h3-5,7,9,17H,2,6,8H2,1H3. The largest absolute Gasteiger partial charge is 0.465 e. The number of nitrogens with one attached hydrogen (secondary N) is 1. The van der Waals surface area contributed by atoms with E-state index >= 15 is 0 Å². The second-order valence-electron chi connectivity index (χ2n) is 4.33. The van der Waals surface area contributed by atoms with Crippen LogP contribution in [0.25, 0.3) is 0 Å². The predicted octanol–water partition coefficient (Wildman–Crippen LogP) is 2.45. The van der Waals surface area contributed by atoms with Gasteiger partial charge in [-0.15, -0.1) is 0 Å². The molecule has 0 saturated carbocycles. The van der Waals surface area contributed by atoms with E-state index in [0.717, 1.165) is 7.11 Å². The first-order valence-corrected chi connectivity index (χ1v) is 6.41. The van der Waals surface area contributed by atoms with Crippen molar-refractivity contribution in [3.8, 4) is 0 Å². The van der Waals surface area contributed by atoms with Gasteiger partial charge < -0.3 is 10.1 Å². The van der Waals surface area contributed by atoms with E-state index in [9.17, 15) is 13.6 Å². The molecule has 0 atom stereocenters. The van der Waals surface area contributed by atoms with E-state index in [0.29, 0.717) is 19.5 Å². The third-order valence-corrected chi connectivity index (χ3v) is 2.93. The zero-order valence-electron chi connectivity index (χ0n) is 11.5. The maximum Gasteiger partial charge on any atom is 0.340 e. The van der Waals surface area contributed by atoms with Gasteiger partial charge in [-0.05, 0) is 24.6 Å². The molecule has 0 saturated heterocycles. The van der Waals surface area contributed by atoms with Crippen LogP contribution in [0.3, 0.4) is 0 Å². The number of hydrogen-bond donors (Lipinski definition) is 1. The van der Waals surface area contributed by atoms with Gasteiger partial charge in [-0.2, -0.15) is 5.10 Å². The number of aryl methyl sites for hydroxylation is 1. The molecule has 1 aromatic heterocycles. The van der Waals surface area contributed by atoms with Crippen molar-refractivity contribution in [3.05, 3.63) is 47.8 Å². The lowest BCUT2D eigenvalue weighted by Crippen LogP contribution is -2.11. The van der Waals surface area contributed by atoms with E-state index in [-0.39, 0.29) is 5.69 Å². The number of benzene rings is 1. The third kappa shape index (κ3) is 3.56. The van der Waals surface area contributed by atoms with Gasteiger partial charge in [0.25, 0.3) is 0 Å². The zero-order chi connectivity index (χ0) is 15.2. The number of anilines is 1. The summed E-state index contributed by atoms with van der Waals surface area (Å²) >= 11 is 0. The molecule has 0 aliphatic carbocycles. The molecule has 21 heavy (non-hydrogen) atoms.